The molecule has 2 heterocycles. The molecule has 0 aromatic carbocycles. The molecule has 98 valence electrons. The molecule has 2 aromatic heterocycles. The number of aromatic nitrogens is 2. The van der Waals surface area contributed by atoms with E-state index < -0.39 is 0 Å². The Kier molecular flexibility index (Phi) is 3.34. The van der Waals surface area contributed by atoms with Gasteiger partial charge >= 0.3 is 0 Å². The standard InChI is InChI=1S/C14H16N4O/c15-8-11-4-5-12(19-11)9-17-13-2-1-3-14(13)18-7-6-16-10-18/h4-7,10,13-14,17H,1-3,9H2. The lowest BCUT2D eigenvalue weighted by atomic mass is 10.1. The summed E-state index contributed by atoms with van der Waals surface area (Å²) in [6, 6.07) is 6.46. The van der Waals surface area contributed by atoms with E-state index in [9.17, 15) is 0 Å². The van der Waals surface area contributed by atoms with Crippen molar-refractivity contribution in [2.75, 3.05) is 0 Å². The van der Waals surface area contributed by atoms with E-state index in [0.29, 0.717) is 24.4 Å². The lowest BCUT2D eigenvalue weighted by Crippen LogP contribution is -2.33. The van der Waals surface area contributed by atoms with E-state index >= 15 is 0 Å². The molecule has 0 radical (unpaired) electrons. The summed E-state index contributed by atoms with van der Waals surface area (Å²) in [6.45, 7) is 0.664. The minimum absolute atomic E-state index is 0.370. The number of nitriles is 1. The molecule has 2 atom stereocenters. The second-order valence-corrected chi connectivity index (χ2v) is 4.87. The number of nitrogens with one attached hydrogen (secondary N) is 1. The van der Waals surface area contributed by atoms with Gasteiger partial charge < -0.3 is 14.3 Å². The van der Waals surface area contributed by atoms with Crippen molar-refractivity contribution in [2.24, 2.45) is 0 Å². The minimum atomic E-state index is 0.370. The van der Waals surface area contributed by atoms with Gasteiger partial charge in [0.15, 0.2) is 0 Å². The fourth-order valence-corrected chi connectivity index (χ4v) is 2.77. The third kappa shape index (κ3) is 2.54. The zero-order chi connectivity index (χ0) is 13.1. The Balaban J connectivity index is 1.61. The first-order chi connectivity index (χ1) is 9.36. The van der Waals surface area contributed by atoms with Crippen LogP contribution in [0.3, 0.4) is 0 Å². The SMILES string of the molecule is N#Cc1ccc(CNC2CCCC2n2ccnc2)o1. The number of hydrogen-bond donors (Lipinski definition) is 1. The molecule has 2 aromatic rings. The van der Waals surface area contributed by atoms with Crippen LogP contribution >= 0.6 is 0 Å². The molecule has 1 fully saturated rings. The maximum Gasteiger partial charge on any atom is 0.203 e. The van der Waals surface area contributed by atoms with Crippen LogP contribution in [0.4, 0.5) is 0 Å². The maximum atomic E-state index is 8.72. The average molecular weight is 256 g/mol. The second-order valence-electron chi connectivity index (χ2n) is 4.87. The smallest absolute Gasteiger partial charge is 0.203 e. The van der Waals surface area contributed by atoms with Gasteiger partial charge in [0.2, 0.25) is 5.76 Å². The number of imidazole rings is 1. The van der Waals surface area contributed by atoms with E-state index in [4.69, 9.17) is 9.68 Å². The monoisotopic (exact) mass is 256 g/mol. The number of furan rings is 1. The van der Waals surface area contributed by atoms with Crippen molar-refractivity contribution in [2.45, 2.75) is 37.9 Å². The van der Waals surface area contributed by atoms with E-state index in [1.54, 1.807) is 6.07 Å². The van der Waals surface area contributed by atoms with Crippen molar-refractivity contribution < 1.29 is 4.42 Å². The van der Waals surface area contributed by atoms with Crippen molar-refractivity contribution in [1.29, 1.82) is 5.26 Å². The third-order valence-corrected chi connectivity index (χ3v) is 3.70. The molecule has 0 aliphatic heterocycles. The van der Waals surface area contributed by atoms with Crippen molar-refractivity contribution in [3.8, 4) is 6.07 Å². The highest BCUT2D eigenvalue weighted by atomic mass is 16.3. The van der Waals surface area contributed by atoms with Crippen LogP contribution in [0.1, 0.15) is 36.8 Å². The Morgan fingerprint density at radius 3 is 3.16 bits per heavy atom. The number of rotatable bonds is 4. The number of nitrogens with zero attached hydrogens (tertiary/aromatic N) is 3. The Labute approximate surface area is 111 Å². The summed E-state index contributed by atoms with van der Waals surface area (Å²) in [7, 11) is 0. The van der Waals surface area contributed by atoms with Gasteiger partial charge in [0.25, 0.3) is 0 Å². The molecule has 0 bridgehead atoms. The van der Waals surface area contributed by atoms with Crippen LogP contribution in [-0.4, -0.2) is 15.6 Å². The van der Waals surface area contributed by atoms with Crippen LogP contribution in [-0.2, 0) is 6.54 Å². The predicted octanol–water partition coefficient (Wildman–Crippen LogP) is 2.23. The molecule has 1 N–H and O–H groups in total. The van der Waals surface area contributed by atoms with Gasteiger partial charge in [0.1, 0.15) is 11.8 Å². The summed E-state index contributed by atoms with van der Waals surface area (Å²) in [5.41, 5.74) is 0. The largest absolute Gasteiger partial charge is 0.449 e. The van der Waals surface area contributed by atoms with Crippen LogP contribution in [0.25, 0.3) is 0 Å². The Bertz CT molecular complexity index is 567. The summed E-state index contributed by atoms with van der Waals surface area (Å²) in [6.07, 6.45) is 9.28. The van der Waals surface area contributed by atoms with Crippen LogP contribution < -0.4 is 5.32 Å². The molecule has 1 saturated carbocycles. The first-order valence-electron chi connectivity index (χ1n) is 6.56. The molecule has 0 amide bonds. The van der Waals surface area contributed by atoms with Crippen molar-refractivity contribution in [3.05, 3.63) is 42.4 Å². The lowest BCUT2D eigenvalue weighted by Gasteiger charge is -2.21. The van der Waals surface area contributed by atoms with Gasteiger partial charge in [-0.2, -0.15) is 5.26 Å². The van der Waals surface area contributed by atoms with Gasteiger partial charge in [0, 0.05) is 24.5 Å². The summed E-state index contributed by atoms with van der Waals surface area (Å²) < 4.78 is 7.55. The zero-order valence-corrected chi connectivity index (χ0v) is 10.6. The van der Waals surface area contributed by atoms with E-state index in [-0.39, 0.29) is 0 Å². The van der Waals surface area contributed by atoms with Gasteiger partial charge in [-0.05, 0) is 31.4 Å². The summed E-state index contributed by atoms with van der Waals surface area (Å²) in [5.74, 6) is 1.18. The van der Waals surface area contributed by atoms with E-state index in [2.05, 4.69) is 14.9 Å². The van der Waals surface area contributed by atoms with Crippen LogP contribution in [0.5, 0.6) is 0 Å². The predicted molar refractivity (Wildman–Crippen MR) is 69.2 cm³/mol. The molecular formula is C14H16N4O. The normalized spacial score (nSPS) is 22.5. The molecule has 1 aliphatic rings. The molecule has 2 unspecified atom stereocenters. The molecule has 5 heteroatoms. The molecule has 19 heavy (non-hydrogen) atoms. The van der Waals surface area contributed by atoms with Crippen LogP contribution in [0.15, 0.2) is 35.3 Å². The highest BCUT2D eigenvalue weighted by Crippen LogP contribution is 2.30. The summed E-state index contributed by atoms with van der Waals surface area (Å²) in [4.78, 5) is 4.11. The molecule has 0 spiro atoms. The van der Waals surface area contributed by atoms with Crippen molar-refractivity contribution in [1.82, 2.24) is 14.9 Å². The highest BCUT2D eigenvalue weighted by Gasteiger charge is 2.27. The Morgan fingerprint density at radius 1 is 1.47 bits per heavy atom. The van der Waals surface area contributed by atoms with Gasteiger partial charge in [-0.25, -0.2) is 4.98 Å². The molecular weight excluding hydrogens is 240 g/mol. The summed E-state index contributed by atoms with van der Waals surface area (Å²) in [5, 5.41) is 12.2. The van der Waals surface area contributed by atoms with Gasteiger partial charge in [-0.15, -0.1) is 0 Å². The van der Waals surface area contributed by atoms with E-state index in [0.717, 1.165) is 12.2 Å². The average Bonchev–Trinajstić information content (AvgIpc) is 3.16. The van der Waals surface area contributed by atoms with Crippen molar-refractivity contribution in [3.63, 3.8) is 0 Å². The second kappa shape index (κ2) is 5.29. The molecule has 0 saturated heterocycles. The molecule has 3 rings (SSSR count). The maximum absolute atomic E-state index is 8.72. The van der Waals surface area contributed by atoms with Crippen LogP contribution in [0, 0.1) is 11.3 Å². The fraction of sp³-hybridized carbons (Fsp3) is 0.429. The van der Waals surface area contributed by atoms with Gasteiger partial charge in [-0.3, -0.25) is 0 Å². The minimum Gasteiger partial charge on any atom is -0.449 e. The highest BCUT2D eigenvalue weighted by molar-refractivity contribution is 5.19. The van der Waals surface area contributed by atoms with Crippen molar-refractivity contribution >= 4 is 0 Å². The Hall–Kier alpha value is -2.06. The van der Waals surface area contributed by atoms with E-state index in [1.165, 1.54) is 12.8 Å². The van der Waals surface area contributed by atoms with Gasteiger partial charge in [0.05, 0.1) is 12.9 Å². The molecule has 5 nitrogen and oxygen atoms in total. The quantitative estimate of drug-likeness (QED) is 0.911. The topological polar surface area (TPSA) is 66.8 Å². The first-order valence-corrected chi connectivity index (χ1v) is 6.56. The molecule has 1 aliphatic carbocycles. The first kappa shape index (κ1) is 12.0. The zero-order valence-electron chi connectivity index (χ0n) is 10.6. The number of hydrogen-bond acceptors (Lipinski definition) is 4. The fourth-order valence-electron chi connectivity index (χ4n) is 2.77. The van der Waals surface area contributed by atoms with Crippen LogP contribution in [0.2, 0.25) is 0 Å². The van der Waals surface area contributed by atoms with E-state index in [1.807, 2.05) is 30.9 Å². The third-order valence-electron chi connectivity index (χ3n) is 3.70. The lowest BCUT2D eigenvalue weighted by molar-refractivity contribution is 0.370. The van der Waals surface area contributed by atoms with Gasteiger partial charge in [-0.1, -0.05) is 0 Å². The summed E-state index contributed by atoms with van der Waals surface area (Å²) >= 11 is 0. The Morgan fingerprint density at radius 2 is 2.42 bits per heavy atom.